The van der Waals surface area contributed by atoms with Crippen molar-refractivity contribution in [3.63, 3.8) is 0 Å². The number of anilines is 2. The van der Waals surface area contributed by atoms with Gasteiger partial charge < -0.3 is 25.4 Å². The standard InChI is InChI=1S/C20H23N3O4/c1-26-18-11-5-4-10-17(18)23-20(25)22-16-9-3-2-8-15(16)19(24)21-13-14-7-6-12-27-14/h2-5,8-11,14H,6-7,12-13H2,1H3,(H,21,24)(H2,22,23,25)/t14-/m0/s1. The smallest absolute Gasteiger partial charge is 0.323 e. The molecule has 1 aliphatic rings. The SMILES string of the molecule is COc1ccccc1NC(=O)Nc1ccccc1C(=O)NC[C@@H]1CCCO1. The van der Waals surface area contributed by atoms with E-state index in [1.807, 2.05) is 6.07 Å². The van der Waals surface area contributed by atoms with Crippen LogP contribution >= 0.6 is 0 Å². The van der Waals surface area contributed by atoms with Crippen LogP contribution in [0, 0.1) is 0 Å². The number of ether oxygens (including phenoxy) is 2. The van der Waals surface area contributed by atoms with Crippen molar-refractivity contribution < 1.29 is 19.1 Å². The predicted molar refractivity (Wildman–Crippen MR) is 103 cm³/mol. The lowest BCUT2D eigenvalue weighted by molar-refractivity contribution is 0.0858. The predicted octanol–water partition coefficient (Wildman–Crippen LogP) is 3.25. The van der Waals surface area contributed by atoms with Gasteiger partial charge in [-0.1, -0.05) is 24.3 Å². The number of hydrogen-bond acceptors (Lipinski definition) is 4. The summed E-state index contributed by atoms with van der Waals surface area (Å²) in [6.45, 7) is 1.20. The molecule has 27 heavy (non-hydrogen) atoms. The normalized spacial score (nSPS) is 15.8. The van der Waals surface area contributed by atoms with E-state index in [4.69, 9.17) is 9.47 Å². The highest BCUT2D eigenvalue weighted by molar-refractivity contribution is 6.06. The third kappa shape index (κ3) is 4.98. The van der Waals surface area contributed by atoms with Crippen LogP contribution in [0.1, 0.15) is 23.2 Å². The number of benzene rings is 2. The van der Waals surface area contributed by atoms with Gasteiger partial charge in [-0.3, -0.25) is 4.79 Å². The Morgan fingerprint density at radius 1 is 1.07 bits per heavy atom. The molecule has 1 fully saturated rings. The maximum Gasteiger partial charge on any atom is 0.323 e. The molecule has 1 heterocycles. The Morgan fingerprint density at radius 3 is 2.52 bits per heavy atom. The summed E-state index contributed by atoms with van der Waals surface area (Å²) in [5.41, 5.74) is 1.36. The molecule has 2 aromatic carbocycles. The van der Waals surface area contributed by atoms with E-state index in [0.717, 1.165) is 19.4 Å². The van der Waals surface area contributed by atoms with Crippen molar-refractivity contribution >= 4 is 23.3 Å². The summed E-state index contributed by atoms with van der Waals surface area (Å²) >= 11 is 0. The van der Waals surface area contributed by atoms with E-state index < -0.39 is 6.03 Å². The van der Waals surface area contributed by atoms with Crippen LogP contribution in [0.2, 0.25) is 0 Å². The molecule has 2 aromatic rings. The van der Waals surface area contributed by atoms with E-state index in [1.165, 1.54) is 7.11 Å². The Labute approximate surface area is 158 Å². The first-order valence-corrected chi connectivity index (χ1v) is 8.87. The fourth-order valence-electron chi connectivity index (χ4n) is 2.92. The summed E-state index contributed by atoms with van der Waals surface area (Å²) in [6.07, 6.45) is 2.02. The summed E-state index contributed by atoms with van der Waals surface area (Å²) < 4.78 is 10.7. The highest BCUT2D eigenvalue weighted by Gasteiger charge is 2.18. The summed E-state index contributed by atoms with van der Waals surface area (Å²) in [5, 5.41) is 8.31. The molecular formula is C20H23N3O4. The molecule has 142 valence electrons. The van der Waals surface area contributed by atoms with Crippen LogP contribution in [0.3, 0.4) is 0 Å². The Balaban J connectivity index is 1.64. The van der Waals surface area contributed by atoms with Crippen LogP contribution < -0.4 is 20.7 Å². The molecule has 3 rings (SSSR count). The van der Waals surface area contributed by atoms with Gasteiger partial charge in [0.2, 0.25) is 0 Å². The van der Waals surface area contributed by atoms with Gasteiger partial charge in [0.05, 0.1) is 30.2 Å². The Kier molecular flexibility index (Phi) is 6.27. The van der Waals surface area contributed by atoms with E-state index in [0.29, 0.717) is 29.2 Å². The molecule has 3 N–H and O–H groups in total. The quantitative estimate of drug-likeness (QED) is 0.729. The van der Waals surface area contributed by atoms with Gasteiger partial charge in [0.15, 0.2) is 0 Å². The van der Waals surface area contributed by atoms with Crippen LogP contribution in [0.25, 0.3) is 0 Å². The molecule has 0 aromatic heterocycles. The number of rotatable bonds is 6. The molecule has 1 atom stereocenters. The Bertz CT molecular complexity index is 803. The molecule has 0 aliphatic carbocycles. The zero-order chi connectivity index (χ0) is 19.1. The van der Waals surface area contributed by atoms with Gasteiger partial charge in [0, 0.05) is 13.2 Å². The van der Waals surface area contributed by atoms with Gasteiger partial charge in [-0.15, -0.1) is 0 Å². The zero-order valence-corrected chi connectivity index (χ0v) is 15.2. The first-order chi connectivity index (χ1) is 13.2. The minimum atomic E-state index is -0.459. The summed E-state index contributed by atoms with van der Waals surface area (Å²) in [7, 11) is 1.53. The molecule has 1 saturated heterocycles. The van der Waals surface area contributed by atoms with E-state index in [1.54, 1.807) is 42.5 Å². The van der Waals surface area contributed by atoms with Gasteiger partial charge in [-0.2, -0.15) is 0 Å². The molecule has 3 amide bonds. The third-order valence-corrected chi connectivity index (χ3v) is 4.29. The molecule has 0 bridgehead atoms. The molecule has 7 heteroatoms. The van der Waals surface area contributed by atoms with Gasteiger partial charge in [0.25, 0.3) is 5.91 Å². The monoisotopic (exact) mass is 369 g/mol. The van der Waals surface area contributed by atoms with E-state index in [2.05, 4.69) is 16.0 Å². The summed E-state index contributed by atoms with van der Waals surface area (Å²) in [4.78, 5) is 24.9. The maximum absolute atomic E-state index is 12.5. The van der Waals surface area contributed by atoms with Crippen molar-refractivity contribution in [2.24, 2.45) is 0 Å². The number of carbonyl (C=O) groups excluding carboxylic acids is 2. The average Bonchev–Trinajstić information content (AvgIpc) is 3.20. The van der Waals surface area contributed by atoms with Gasteiger partial charge >= 0.3 is 6.03 Å². The fraction of sp³-hybridized carbons (Fsp3) is 0.300. The second kappa shape index (κ2) is 9.05. The summed E-state index contributed by atoms with van der Waals surface area (Å²) in [6, 6.07) is 13.5. The first-order valence-electron chi connectivity index (χ1n) is 8.87. The zero-order valence-electron chi connectivity index (χ0n) is 15.2. The molecule has 0 unspecified atom stereocenters. The van der Waals surface area contributed by atoms with E-state index in [-0.39, 0.29) is 12.0 Å². The molecular weight excluding hydrogens is 346 g/mol. The molecule has 0 radical (unpaired) electrons. The highest BCUT2D eigenvalue weighted by atomic mass is 16.5. The van der Waals surface area contributed by atoms with Crippen molar-refractivity contribution in [2.75, 3.05) is 30.9 Å². The van der Waals surface area contributed by atoms with Gasteiger partial charge in [-0.25, -0.2) is 4.79 Å². The van der Waals surface area contributed by atoms with Crippen LogP contribution in [-0.4, -0.2) is 38.3 Å². The largest absolute Gasteiger partial charge is 0.495 e. The van der Waals surface area contributed by atoms with Crippen LogP contribution in [0.15, 0.2) is 48.5 Å². The number of amides is 3. The number of methoxy groups -OCH3 is 1. The topological polar surface area (TPSA) is 88.7 Å². The lowest BCUT2D eigenvalue weighted by atomic mass is 10.1. The Morgan fingerprint density at radius 2 is 1.78 bits per heavy atom. The minimum Gasteiger partial charge on any atom is -0.495 e. The van der Waals surface area contributed by atoms with Crippen molar-refractivity contribution in [1.82, 2.24) is 5.32 Å². The van der Waals surface area contributed by atoms with E-state index in [9.17, 15) is 9.59 Å². The van der Waals surface area contributed by atoms with Crippen molar-refractivity contribution in [3.8, 4) is 5.75 Å². The second-order valence-electron chi connectivity index (χ2n) is 6.17. The number of hydrogen-bond donors (Lipinski definition) is 3. The molecule has 7 nitrogen and oxygen atoms in total. The van der Waals surface area contributed by atoms with Crippen molar-refractivity contribution in [1.29, 1.82) is 0 Å². The highest BCUT2D eigenvalue weighted by Crippen LogP contribution is 2.23. The number of para-hydroxylation sites is 3. The van der Waals surface area contributed by atoms with Crippen LogP contribution in [0.5, 0.6) is 5.75 Å². The number of nitrogens with one attached hydrogen (secondary N) is 3. The minimum absolute atomic E-state index is 0.0583. The van der Waals surface area contributed by atoms with Crippen LogP contribution in [0.4, 0.5) is 16.2 Å². The van der Waals surface area contributed by atoms with E-state index >= 15 is 0 Å². The second-order valence-corrected chi connectivity index (χ2v) is 6.17. The van der Waals surface area contributed by atoms with Crippen LogP contribution in [-0.2, 0) is 4.74 Å². The Hall–Kier alpha value is -3.06. The fourth-order valence-corrected chi connectivity index (χ4v) is 2.92. The lowest BCUT2D eigenvalue weighted by Crippen LogP contribution is -2.32. The number of carbonyl (C=O) groups is 2. The molecule has 0 spiro atoms. The molecule has 0 saturated carbocycles. The number of urea groups is 1. The molecule has 1 aliphatic heterocycles. The first kappa shape index (κ1) is 18.7. The van der Waals surface area contributed by atoms with Gasteiger partial charge in [0.1, 0.15) is 5.75 Å². The van der Waals surface area contributed by atoms with Crippen molar-refractivity contribution in [2.45, 2.75) is 18.9 Å². The average molecular weight is 369 g/mol. The maximum atomic E-state index is 12.5. The third-order valence-electron chi connectivity index (χ3n) is 4.29. The summed E-state index contributed by atoms with van der Waals surface area (Å²) in [5.74, 6) is 0.300. The van der Waals surface area contributed by atoms with Gasteiger partial charge in [-0.05, 0) is 37.1 Å². The lowest BCUT2D eigenvalue weighted by Gasteiger charge is -2.15. The van der Waals surface area contributed by atoms with Crippen molar-refractivity contribution in [3.05, 3.63) is 54.1 Å².